The second-order valence-corrected chi connectivity index (χ2v) is 9.09. The number of hydrogen-bond acceptors (Lipinski definition) is 10. The zero-order chi connectivity index (χ0) is 23.7. The zero-order valence-electron chi connectivity index (χ0n) is 20.0. The van der Waals surface area contributed by atoms with Crippen molar-refractivity contribution in [1.29, 1.82) is 0 Å². The molecule has 0 N–H and O–H groups in total. The van der Waals surface area contributed by atoms with Gasteiger partial charge in [-0.2, -0.15) is 0 Å². The van der Waals surface area contributed by atoms with Crippen molar-refractivity contribution in [3.05, 3.63) is 60.2 Å². The van der Waals surface area contributed by atoms with Crippen LogP contribution in [-0.4, -0.2) is 36.4 Å². The van der Waals surface area contributed by atoms with Crippen molar-refractivity contribution >= 4 is 15.6 Å². The first-order valence-corrected chi connectivity index (χ1v) is 13.2. The molecule has 0 amide bonds. The first-order valence-electron chi connectivity index (χ1n) is 10.3. The molecule has 0 aliphatic heterocycles. The molecule has 204 valence electrons. The zero-order valence-corrected chi connectivity index (χ0v) is 25.6. The Bertz CT molecular complexity index is 755. The Morgan fingerprint density at radius 1 is 0.600 bits per heavy atom. The van der Waals surface area contributed by atoms with E-state index in [2.05, 4.69) is 9.97 Å². The quantitative estimate of drug-likeness (QED) is 0.236. The number of nitrogens with zero attached hydrogens (tertiary/aromatic N) is 2. The molecule has 0 radical (unpaired) electrons. The minimum atomic E-state index is -3.42. The van der Waals surface area contributed by atoms with E-state index in [0.29, 0.717) is 11.4 Å². The molecule has 0 fully saturated rings. The van der Waals surface area contributed by atoms with Crippen LogP contribution in [0.5, 0.6) is 0 Å². The van der Waals surface area contributed by atoms with Gasteiger partial charge in [0.25, 0.3) is 0 Å². The number of hydrogen-bond donors (Lipinski definition) is 0. The molecule has 0 aliphatic carbocycles. The Hall–Kier alpha value is -0.212. The van der Waals surface area contributed by atoms with E-state index in [9.17, 15) is 9.13 Å². The van der Waals surface area contributed by atoms with Gasteiger partial charge in [0.1, 0.15) is 13.2 Å². The van der Waals surface area contributed by atoms with Gasteiger partial charge in [-0.15, -0.1) is 0 Å². The van der Waals surface area contributed by atoms with Crippen LogP contribution < -0.4 is 24.8 Å². The van der Waals surface area contributed by atoms with Crippen molar-refractivity contribution in [2.45, 2.75) is 40.9 Å². The summed E-state index contributed by atoms with van der Waals surface area (Å²) >= 11 is 0. The van der Waals surface area contributed by atoms with Crippen molar-refractivity contribution in [3.8, 4) is 0 Å². The average Bonchev–Trinajstić information content (AvgIpc) is 2.79. The van der Waals surface area contributed by atoms with Crippen molar-refractivity contribution in [3.63, 3.8) is 0 Å². The summed E-state index contributed by atoms with van der Waals surface area (Å²) in [5.74, 6) is 0. The Morgan fingerprint density at radius 3 is 1.14 bits per heavy atom. The van der Waals surface area contributed by atoms with E-state index in [0.717, 1.165) is 0 Å². The van der Waals surface area contributed by atoms with Crippen molar-refractivity contribution in [2.75, 3.05) is 26.4 Å². The Morgan fingerprint density at radius 2 is 0.914 bits per heavy atom. The summed E-state index contributed by atoms with van der Waals surface area (Å²) in [4.78, 5) is 8.09. The SMILES string of the molecule is CCOP(=O)(OCC)OCc1ccccn1.CCOP(=O)(OCC)OCc1ccccn1.[Cl-].[Cl-].[Pt+2]. The summed E-state index contributed by atoms with van der Waals surface area (Å²) in [5.41, 5.74) is 1.37. The third-order valence-corrected chi connectivity index (χ3v) is 6.53. The molecule has 0 unspecified atom stereocenters. The number of pyridine rings is 2. The predicted octanol–water partition coefficient (Wildman–Crippen LogP) is -0.436. The summed E-state index contributed by atoms with van der Waals surface area (Å²) < 4.78 is 54.0. The molecule has 35 heavy (non-hydrogen) atoms. The van der Waals surface area contributed by atoms with Gasteiger partial charge in [0, 0.05) is 12.4 Å². The Kier molecular flexibility index (Phi) is 25.8. The number of aromatic nitrogens is 2. The normalized spacial score (nSPS) is 10.6. The summed E-state index contributed by atoms with van der Waals surface area (Å²) in [6.45, 7) is 8.26. The first kappa shape index (κ1) is 39.3. The molecule has 0 saturated carbocycles. The van der Waals surface area contributed by atoms with Crippen LogP contribution in [0.2, 0.25) is 0 Å². The van der Waals surface area contributed by atoms with Gasteiger partial charge in [-0.1, -0.05) is 12.1 Å². The second-order valence-electron chi connectivity index (χ2n) is 5.75. The fourth-order valence-corrected chi connectivity index (χ4v) is 4.41. The van der Waals surface area contributed by atoms with E-state index in [1.165, 1.54) is 0 Å². The van der Waals surface area contributed by atoms with Crippen LogP contribution in [-0.2, 0) is 70.6 Å². The maximum Gasteiger partial charge on any atom is 2.00 e. The maximum absolute atomic E-state index is 11.9. The molecular weight excluding hydrogens is 724 g/mol. The van der Waals surface area contributed by atoms with Gasteiger partial charge in [-0.25, -0.2) is 9.13 Å². The molecule has 0 aromatic carbocycles. The van der Waals surface area contributed by atoms with E-state index >= 15 is 0 Å². The topological polar surface area (TPSA) is 115 Å². The third-order valence-electron chi connectivity index (χ3n) is 3.34. The van der Waals surface area contributed by atoms with Crippen LogP contribution in [0, 0.1) is 0 Å². The molecule has 10 nitrogen and oxygen atoms in total. The van der Waals surface area contributed by atoms with E-state index in [1.807, 2.05) is 12.1 Å². The van der Waals surface area contributed by atoms with Gasteiger partial charge in [0.05, 0.1) is 37.8 Å². The van der Waals surface area contributed by atoms with Gasteiger partial charge < -0.3 is 24.8 Å². The molecule has 0 bridgehead atoms. The number of phosphoric acid groups is 2. The van der Waals surface area contributed by atoms with Crippen LogP contribution in [0.1, 0.15) is 39.1 Å². The summed E-state index contributed by atoms with van der Waals surface area (Å²) in [6, 6.07) is 10.8. The minimum absolute atomic E-state index is 0. The van der Waals surface area contributed by atoms with Crippen LogP contribution in [0.15, 0.2) is 48.8 Å². The standard InChI is InChI=1S/2C10H16NO4P.2ClH.Pt/c2*1-3-13-16(12,14-4-2)15-9-10-7-5-6-8-11-10;;;/h2*5-8H,3-4,9H2,1-2H3;2*1H;/q;;;;+2/p-2. The fraction of sp³-hybridized carbons (Fsp3) is 0.500. The predicted molar refractivity (Wildman–Crippen MR) is 120 cm³/mol. The van der Waals surface area contributed by atoms with Crippen molar-refractivity contribution < 1.29 is 82.2 Å². The molecule has 2 heterocycles. The van der Waals surface area contributed by atoms with E-state index in [4.69, 9.17) is 27.1 Å². The monoisotopic (exact) mass is 755 g/mol. The third kappa shape index (κ3) is 17.8. The van der Waals surface area contributed by atoms with E-state index in [1.54, 1.807) is 64.4 Å². The number of halogens is 2. The van der Waals surface area contributed by atoms with E-state index < -0.39 is 15.6 Å². The molecule has 0 saturated heterocycles. The van der Waals surface area contributed by atoms with Gasteiger partial charge in [0.15, 0.2) is 0 Å². The van der Waals surface area contributed by atoms with Gasteiger partial charge in [0.2, 0.25) is 0 Å². The summed E-state index contributed by atoms with van der Waals surface area (Å²) in [7, 11) is -6.85. The maximum atomic E-state index is 11.9. The molecule has 0 atom stereocenters. The Balaban J connectivity index is -0.000000539. The fourth-order valence-electron chi connectivity index (χ4n) is 2.11. The molecule has 2 aromatic rings. The average molecular weight is 756 g/mol. The first-order chi connectivity index (χ1) is 15.4. The van der Waals surface area contributed by atoms with Crippen molar-refractivity contribution in [2.24, 2.45) is 0 Å². The van der Waals surface area contributed by atoms with Crippen molar-refractivity contribution in [1.82, 2.24) is 9.97 Å². The Labute approximate surface area is 234 Å². The largest absolute Gasteiger partial charge is 2.00 e. The summed E-state index contributed by atoms with van der Waals surface area (Å²) in [6.07, 6.45) is 3.29. The van der Waals surface area contributed by atoms with Crippen LogP contribution in [0.4, 0.5) is 0 Å². The van der Waals surface area contributed by atoms with Crippen LogP contribution in [0.25, 0.3) is 0 Å². The second kappa shape index (κ2) is 22.9. The van der Waals surface area contributed by atoms with Crippen LogP contribution in [0.3, 0.4) is 0 Å². The number of rotatable bonds is 14. The van der Waals surface area contributed by atoms with Gasteiger partial charge in [-0.3, -0.25) is 37.1 Å². The molecule has 15 heteroatoms. The molecule has 2 rings (SSSR count). The van der Waals surface area contributed by atoms with Crippen LogP contribution >= 0.6 is 15.6 Å². The number of phosphoric ester groups is 2. The van der Waals surface area contributed by atoms with Gasteiger partial charge in [-0.05, 0) is 52.0 Å². The minimum Gasteiger partial charge on any atom is -1.00 e. The van der Waals surface area contributed by atoms with E-state index in [-0.39, 0.29) is 85.5 Å². The van der Waals surface area contributed by atoms with Gasteiger partial charge >= 0.3 is 36.7 Å². The molecular formula is C20H32Cl2N2O8P2Pt. The molecule has 0 aliphatic rings. The molecule has 0 spiro atoms. The summed E-state index contributed by atoms with van der Waals surface area (Å²) in [5, 5.41) is 0. The molecule has 2 aromatic heterocycles. The smallest absolute Gasteiger partial charge is 1.00 e.